The average Bonchev–Trinajstić information content (AvgIpc) is 2.01. The van der Waals surface area contributed by atoms with Crippen molar-refractivity contribution >= 4 is 28.3 Å². The van der Waals surface area contributed by atoms with Gasteiger partial charge in [0.15, 0.2) is 0 Å². The van der Waals surface area contributed by atoms with E-state index in [4.69, 9.17) is 0 Å². The summed E-state index contributed by atoms with van der Waals surface area (Å²) in [5, 5.41) is 0. The molecule has 1 saturated heterocycles. The van der Waals surface area contributed by atoms with Crippen LogP contribution in [0.1, 0.15) is 6.92 Å². The number of hydrogen-bond acceptors (Lipinski definition) is 1. The third-order valence-corrected chi connectivity index (χ3v) is 3.17. The van der Waals surface area contributed by atoms with Crippen LogP contribution in [0, 0.1) is 9.49 Å². The Morgan fingerprint density at radius 3 is 2.58 bits per heavy atom. The van der Waals surface area contributed by atoms with E-state index in [0.717, 1.165) is 5.92 Å². The quantitative estimate of drug-likeness (QED) is 0.711. The van der Waals surface area contributed by atoms with E-state index >= 15 is 0 Å². The first-order valence-corrected chi connectivity index (χ1v) is 5.34. The van der Waals surface area contributed by atoms with Crippen molar-refractivity contribution in [1.82, 2.24) is 0 Å². The minimum absolute atomic E-state index is 0.876. The maximum absolute atomic E-state index is 2.44. The van der Waals surface area contributed by atoms with E-state index in [2.05, 4.69) is 58.7 Å². The molecule has 0 aliphatic carbocycles. The van der Waals surface area contributed by atoms with Crippen LogP contribution in [-0.4, -0.2) is 13.1 Å². The van der Waals surface area contributed by atoms with Crippen molar-refractivity contribution in [2.75, 3.05) is 18.0 Å². The van der Waals surface area contributed by atoms with Crippen LogP contribution < -0.4 is 4.90 Å². The van der Waals surface area contributed by atoms with Crippen molar-refractivity contribution < 1.29 is 0 Å². The second kappa shape index (κ2) is 3.24. The molecule has 0 amide bonds. The molecule has 0 saturated carbocycles. The first kappa shape index (κ1) is 8.35. The van der Waals surface area contributed by atoms with Gasteiger partial charge >= 0.3 is 0 Å². The molecule has 1 aliphatic rings. The minimum Gasteiger partial charge on any atom is -0.370 e. The van der Waals surface area contributed by atoms with Gasteiger partial charge in [-0.3, -0.25) is 0 Å². The molecule has 0 unspecified atom stereocenters. The van der Waals surface area contributed by atoms with Gasteiger partial charge in [0.05, 0.1) is 5.69 Å². The number of rotatable bonds is 1. The smallest absolute Gasteiger partial charge is 0.0502 e. The van der Waals surface area contributed by atoms with Crippen LogP contribution in [0.25, 0.3) is 0 Å². The van der Waals surface area contributed by atoms with E-state index in [0.29, 0.717) is 0 Å². The molecule has 0 radical (unpaired) electrons. The van der Waals surface area contributed by atoms with Crippen molar-refractivity contribution in [2.45, 2.75) is 6.92 Å². The van der Waals surface area contributed by atoms with E-state index in [1.165, 1.54) is 22.3 Å². The summed E-state index contributed by atoms with van der Waals surface area (Å²) in [6.45, 7) is 4.74. The van der Waals surface area contributed by atoms with Crippen LogP contribution in [0.3, 0.4) is 0 Å². The highest BCUT2D eigenvalue weighted by molar-refractivity contribution is 14.1. The summed E-state index contributed by atoms with van der Waals surface area (Å²) in [4.78, 5) is 2.44. The number of anilines is 1. The Balaban J connectivity index is 2.18. The normalized spacial score (nSPS) is 17.7. The van der Waals surface area contributed by atoms with Crippen LogP contribution in [0.2, 0.25) is 0 Å². The molecule has 0 bridgehead atoms. The number of nitrogens with zero attached hydrogens (tertiary/aromatic N) is 1. The third kappa shape index (κ3) is 1.44. The highest BCUT2D eigenvalue weighted by Gasteiger charge is 2.23. The van der Waals surface area contributed by atoms with Crippen LogP contribution >= 0.6 is 22.6 Å². The Morgan fingerprint density at radius 1 is 1.33 bits per heavy atom. The van der Waals surface area contributed by atoms with Gasteiger partial charge in [0, 0.05) is 16.7 Å². The number of benzene rings is 1. The summed E-state index contributed by atoms with van der Waals surface area (Å²) >= 11 is 2.40. The Kier molecular flexibility index (Phi) is 2.26. The number of para-hydroxylation sites is 1. The third-order valence-electron chi connectivity index (χ3n) is 2.26. The fourth-order valence-corrected chi connectivity index (χ4v) is 2.33. The average molecular weight is 273 g/mol. The first-order chi connectivity index (χ1) is 5.77. The van der Waals surface area contributed by atoms with E-state index in [1.807, 2.05) is 0 Å². The molecular weight excluding hydrogens is 261 g/mol. The van der Waals surface area contributed by atoms with E-state index in [1.54, 1.807) is 0 Å². The summed E-state index contributed by atoms with van der Waals surface area (Å²) < 4.78 is 1.36. The lowest BCUT2D eigenvalue weighted by Crippen LogP contribution is -2.45. The van der Waals surface area contributed by atoms with Gasteiger partial charge < -0.3 is 4.90 Å². The zero-order chi connectivity index (χ0) is 8.55. The minimum atomic E-state index is 0.876. The van der Waals surface area contributed by atoms with Crippen molar-refractivity contribution in [3.8, 4) is 0 Å². The summed E-state index contributed by atoms with van der Waals surface area (Å²) in [6, 6.07) is 8.57. The molecule has 0 aromatic heterocycles. The van der Waals surface area contributed by atoms with E-state index < -0.39 is 0 Å². The fraction of sp³-hybridized carbons (Fsp3) is 0.400. The zero-order valence-electron chi connectivity index (χ0n) is 7.13. The molecule has 1 nitrogen and oxygen atoms in total. The molecule has 1 heterocycles. The first-order valence-electron chi connectivity index (χ1n) is 4.27. The van der Waals surface area contributed by atoms with Crippen LogP contribution in [0.15, 0.2) is 24.3 Å². The van der Waals surface area contributed by atoms with E-state index in [9.17, 15) is 0 Å². The lowest BCUT2D eigenvalue weighted by molar-refractivity contribution is 0.447. The largest absolute Gasteiger partial charge is 0.370 e. The molecular formula is C10H12IN. The van der Waals surface area contributed by atoms with Crippen molar-refractivity contribution in [2.24, 2.45) is 5.92 Å². The SMILES string of the molecule is CC1CN(c2ccccc2I)C1. The summed E-state index contributed by atoms with van der Waals surface area (Å²) in [6.07, 6.45) is 0. The van der Waals surface area contributed by atoms with Gasteiger partial charge in [-0.25, -0.2) is 0 Å². The van der Waals surface area contributed by atoms with Gasteiger partial charge in [-0.05, 0) is 40.6 Å². The van der Waals surface area contributed by atoms with Crippen LogP contribution in [0.4, 0.5) is 5.69 Å². The predicted octanol–water partition coefficient (Wildman–Crippen LogP) is 2.75. The maximum Gasteiger partial charge on any atom is 0.0502 e. The van der Waals surface area contributed by atoms with Crippen molar-refractivity contribution in [3.63, 3.8) is 0 Å². The zero-order valence-corrected chi connectivity index (χ0v) is 9.28. The standard InChI is InChI=1S/C10H12IN/c1-8-6-12(7-8)10-5-3-2-4-9(10)11/h2-5,8H,6-7H2,1H3. The lowest BCUT2D eigenvalue weighted by atomic mass is 10.0. The fourth-order valence-electron chi connectivity index (χ4n) is 1.60. The van der Waals surface area contributed by atoms with Gasteiger partial charge in [-0.1, -0.05) is 19.1 Å². The van der Waals surface area contributed by atoms with Gasteiger partial charge in [0.1, 0.15) is 0 Å². The predicted molar refractivity (Wildman–Crippen MR) is 60.5 cm³/mol. The Bertz CT molecular complexity index is 279. The summed E-state index contributed by atoms with van der Waals surface area (Å²) in [5.41, 5.74) is 1.40. The summed E-state index contributed by atoms with van der Waals surface area (Å²) in [5.74, 6) is 0.876. The molecule has 1 fully saturated rings. The molecule has 2 rings (SSSR count). The Hall–Kier alpha value is -0.250. The van der Waals surface area contributed by atoms with Crippen molar-refractivity contribution in [3.05, 3.63) is 27.8 Å². The van der Waals surface area contributed by atoms with Gasteiger partial charge in [-0.2, -0.15) is 0 Å². The lowest BCUT2D eigenvalue weighted by Gasteiger charge is -2.39. The van der Waals surface area contributed by atoms with Crippen LogP contribution in [0.5, 0.6) is 0 Å². The molecule has 1 aromatic rings. The highest BCUT2D eigenvalue weighted by atomic mass is 127. The second-order valence-corrected chi connectivity index (χ2v) is 4.62. The Morgan fingerprint density at radius 2 is 2.00 bits per heavy atom. The maximum atomic E-state index is 2.44. The molecule has 0 spiro atoms. The molecule has 0 atom stereocenters. The van der Waals surface area contributed by atoms with Crippen molar-refractivity contribution in [1.29, 1.82) is 0 Å². The molecule has 1 aromatic carbocycles. The van der Waals surface area contributed by atoms with Crippen LogP contribution in [-0.2, 0) is 0 Å². The second-order valence-electron chi connectivity index (χ2n) is 3.46. The van der Waals surface area contributed by atoms with Gasteiger partial charge in [0.25, 0.3) is 0 Å². The number of halogens is 1. The Labute approximate surface area is 86.9 Å². The molecule has 0 N–H and O–H groups in total. The topological polar surface area (TPSA) is 3.24 Å². The molecule has 12 heavy (non-hydrogen) atoms. The summed E-state index contributed by atoms with van der Waals surface area (Å²) in [7, 11) is 0. The molecule has 64 valence electrons. The molecule has 2 heteroatoms. The highest BCUT2D eigenvalue weighted by Crippen LogP contribution is 2.28. The van der Waals surface area contributed by atoms with Gasteiger partial charge in [-0.15, -0.1) is 0 Å². The molecule has 1 aliphatic heterocycles. The van der Waals surface area contributed by atoms with Gasteiger partial charge in [0.2, 0.25) is 0 Å². The van der Waals surface area contributed by atoms with E-state index in [-0.39, 0.29) is 0 Å². The monoisotopic (exact) mass is 273 g/mol. The number of hydrogen-bond donors (Lipinski definition) is 0.